The quantitative estimate of drug-likeness (QED) is 0.0798. The van der Waals surface area contributed by atoms with Crippen LogP contribution in [-0.4, -0.2) is 56.5 Å². The lowest BCUT2D eigenvalue weighted by molar-refractivity contribution is -0.139. The van der Waals surface area contributed by atoms with Crippen LogP contribution in [0.1, 0.15) is 64.7 Å². The monoisotopic (exact) mass is 399 g/mol. The minimum absolute atomic E-state index is 0.0183. The van der Waals surface area contributed by atoms with Crippen molar-refractivity contribution >= 4 is 17.8 Å². The van der Waals surface area contributed by atoms with Crippen LogP contribution < -0.4 is 32.7 Å². The summed E-state index contributed by atoms with van der Waals surface area (Å²) in [5.74, 6) is -1.09. The Morgan fingerprint density at radius 2 is 1.18 bits per heavy atom. The highest BCUT2D eigenvalue weighted by Crippen LogP contribution is 2.04. The van der Waals surface area contributed by atoms with Gasteiger partial charge in [0.2, 0.25) is 0 Å². The van der Waals surface area contributed by atoms with Gasteiger partial charge in [-0.15, -0.1) is 0 Å². The van der Waals surface area contributed by atoms with E-state index >= 15 is 0 Å². The molecule has 0 aliphatic rings. The van der Waals surface area contributed by atoms with E-state index in [1.54, 1.807) is 0 Å². The molecule has 0 saturated heterocycles. The minimum Gasteiger partial charge on any atom is -0.370 e. The highest BCUT2D eigenvalue weighted by molar-refractivity contribution is 6.35. The lowest BCUT2D eigenvalue weighted by Gasteiger charge is -2.08. The molecular weight excluding hydrogens is 358 g/mol. The maximum absolute atomic E-state index is 11.7. The summed E-state index contributed by atoms with van der Waals surface area (Å²) in [5.41, 5.74) is 10.9. The molecular formula is C19H41N7O2. The molecule has 0 aromatic heterocycles. The van der Waals surface area contributed by atoms with Gasteiger partial charge in [0.15, 0.2) is 5.96 Å². The molecule has 2 amide bonds. The predicted octanol–water partition coefficient (Wildman–Crippen LogP) is 0.150. The van der Waals surface area contributed by atoms with Gasteiger partial charge >= 0.3 is 11.8 Å². The Morgan fingerprint density at radius 3 is 1.68 bits per heavy atom. The standard InChI is InChI=1S/C19H41N7O2/c1-16(20)10-15-23-11-8-9-13-25-18(28)17(27)24-12-6-4-2-3-5-7-14-26-19(21)22/h16,23H,2-15,20H2,1H3,(H,24,27)(H,25,28)(H4,21,22,26). The van der Waals surface area contributed by atoms with E-state index in [1.165, 1.54) is 0 Å². The second-order valence-corrected chi connectivity index (χ2v) is 7.20. The Kier molecular flexibility index (Phi) is 17.3. The molecule has 0 heterocycles. The van der Waals surface area contributed by atoms with Crippen molar-refractivity contribution in [3.05, 3.63) is 0 Å². The van der Waals surface area contributed by atoms with E-state index in [-0.39, 0.29) is 12.0 Å². The summed E-state index contributed by atoms with van der Waals surface area (Å²) in [7, 11) is 0. The number of hydrogen-bond donors (Lipinski definition) is 7. The normalized spacial score (nSPS) is 11.6. The fraction of sp³-hybridized carbons (Fsp3) is 0.842. The zero-order valence-electron chi connectivity index (χ0n) is 17.4. The van der Waals surface area contributed by atoms with Crippen LogP contribution in [0.2, 0.25) is 0 Å². The molecule has 0 spiro atoms. The smallest absolute Gasteiger partial charge is 0.309 e. The number of guanidine groups is 1. The van der Waals surface area contributed by atoms with E-state index in [9.17, 15) is 9.59 Å². The molecule has 1 unspecified atom stereocenters. The minimum atomic E-state index is -0.553. The average Bonchev–Trinajstić information content (AvgIpc) is 2.64. The Bertz CT molecular complexity index is 431. The third kappa shape index (κ3) is 18.9. The lowest BCUT2D eigenvalue weighted by atomic mass is 10.1. The van der Waals surface area contributed by atoms with Crippen LogP contribution in [0.3, 0.4) is 0 Å². The van der Waals surface area contributed by atoms with Gasteiger partial charge in [0, 0.05) is 25.7 Å². The van der Waals surface area contributed by atoms with Crippen LogP contribution in [-0.2, 0) is 9.59 Å². The van der Waals surface area contributed by atoms with E-state index < -0.39 is 11.8 Å². The van der Waals surface area contributed by atoms with Gasteiger partial charge < -0.3 is 32.7 Å². The molecule has 0 radical (unpaired) electrons. The number of hydrogen-bond acceptors (Lipinski definition) is 5. The molecule has 9 N–H and O–H groups in total. The zero-order valence-corrected chi connectivity index (χ0v) is 17.4. The van der Waals surface area contributed by atoms with E-state index in [0.29, 0.717) is 13.1 Å². The van der Waals surface area contributed by atoms with Gasteiger partial charge in [0.05, 0.1) is 0 Å². The molecule has 0 bridgehead atoms. The predicted molar refractivity (Wildman–Crippen MR) is 114 cm³/mol. The number of carbonyl (C=O) groups excluding carboxylic acids is 2. The maximum atomic E-state index is 11.7. The van der Waals surface area contributed by atoms with Crippen LogP contribution in [0.4, 0.5) is 0 Å². The molecule has 0 fully saturated rings. The number of unbranched alkanes of at least 4 members (excludes halogenated alkanes) is 6. The Morgan fingerprint density at radius 1 is 0.750 bits per heavy atom. The number of carbonyl (C=O) groups is 2. The lowest BCUT2D eigenvalue weighted by Crippen LogP contribution is -2.40. The number of nitrogens with one attached hydrogen (secondary N) is 5. The van der Waals surface area contributed by atoms with Crippen LogP contribution in [0.5, 0.6) is 0 Å². The topological polar surface area (TPSA) is 158 Å². The first-order valence-electron chi connectivity index (χ1n) is 10.5. The summed E-state index contributed by atoms with van der Waals surface area (Å²) in [4.78, 5) is 23.4. The van der Waals surface area contributed by atoms with Gasteiger partial charge in [-0.05, 0) is 52.1 Å². The van der Waals surface area contributed by atoms with Crippen molar-refractivity contribution in [2.45, 2.75) is 70.8 Å². The number of nitrogens with two attached hydrogens (primary N) is 2. The summed E-state index contributed by atoms with van der Waals surface area (Å²) >= 11 is 0. The van der Waals surface area contributed by atoms with Crippen molar-refractivity contribution in [2.24, 2.45) is 11.5 Å². The fourth-order valence-electron chi connectivity index (χ4n) is 2.57. The molecule has 0 aliphatic carbocycles. The van der Waals surface area contributed by atoms with Gasteiger partial charge in [-0.25, -0.2) is 0 Å². The summed E-state index contributed by atoms with van der Waals surface area (Å²) in [5, 5.41) is 18.4. The van der Waals surface area contributed by atoms with Crippen molar-refractivity contribution in [3.63, 3.8) is 0 Å². The molecule has 9 nitrogen and oxygen atoms in total. The molecule has 0 saturated carbocycles. The number of amides is 2. The molecule has 0 aliphatic heterocycles. The van der Waals surface area contributed by atoms with Crippen molar-refractivity contribution in [3.8, 4) is 0 Å². The molecule has 164 valence electrons. The SMILES string of the molecule is CC(N)CCNCCCCNC(=O)C(=O)NCCCCCCCCNC(=N)N. The van der Waals surface area contributed by atoms with Crippen LogP contribution in [0, 0.1) is 5.41 Å². The van der Waals surface area contributed by atoms with Gasteiger partial charge in [0.1, 0.15) is 0 Å². The Balaban J connectivity index is 3.38. The van der Waals surface area contributed by atoms with E-state index in [0.717, 1.165) is 77.4 Å². The van der Waals surface area contributed by atoms with Crippen molar-refractivity contribution in [2.75, 3.05) is 32.7 Å². The molecule has 9 heteroatoms. The van der Waals surface area contributed by atoms with Crippen LogP contribution in [0.15, 0.2) is 0 Å². The second kappa shape index (κ2) is 18.5. The van der Waals surface area contributed by atoms with Crippen molar-refractivity contribution in [1.82, 2.24) is 21.3 Å². The van der Waals surface area contributed by atoms with Crippen LogP contribution in [0.25, 0.3) is 0 Å². The summed E-state index contributed by atoms with van der Waals surface area (Å²) in [6.45, 7) is 5.57. The maximum Gasteiger partial charge on any atom is 0.309 e. The molecule has 28 heavy (non-hydrogen) atoms. The summed E-state index contributed by atoms with van der Waals surface area (Å²) in [6.07, 6.45) is 8.95. The molecule has 0 aromatic rings. The third-order valence-corrected chi connectivity index (χ3v) is 4.25. The largest absolute Gasteiger partial charge is 0.370 e. The molecule has 0 rings (SSSR count). The first kappa shape index (κ1) is 26.1. The van der Waals surface area contributed by atoms with E-state index in [4.69, 9.17) is 16.9 Å². The van der Waals surface area contributed by atoms with Crippen molar-refractivity contribution in [1.29, 1.82) is 5.41 Å². The third-order valence-electron chi connectivity index (χ3n) is 4.25. The Labute approximate surface area is 169 Å². The zero-order chi connectivity index (χ0) is 21.0. The first-order valence-corrected chi connectivity index (χ1v) is 10.5. The van der Waals surface area contributed by atoms with E-state index in [2.05, 4.69) is 21.3 Å². The van der Waals surface area contributed by atoms with Gasteiger partial charge in [-0.1, -0.05) is 25.7 Å². The van der Waals surface area contributed by atoms with Gasteiger partial charge in [-0.2, -0.15) is 0 Å². The van der Waals surface area contributed by atoms with Crippen LogP contribution >= 0.6 is 0 Å². The first-order chi connectivity index (χ1) is 13.4. The fourth-order valence-corrected chi connectivity index (χ4v) is 2.57. The highest BCUT2D eigenvalue weighted by Gasteiger charge is 2.11. The summed E-state index contributed by atoms with van der Waals surface area (Å²) < 4.78 is 0. The molecule has 0 aromatic carbocycles. The number of rotatable bonds is 17. The van der Waals surface area contributed by atoms with E-state index in [1.807, 2.05) is 6.92 Å². The van der Waals surface area contributed by atoms with Crippen molar-refractivity contribution < 1.29 is 9.59 Å². The highest BCUT2D eigenvalue weighted by atomic mass is 16.2. The Hall–Kier alpha value is -1.87. The average molecular weight is 400 g/mol. The summed E-state index contributed by atoms with van der Waals surface area (Å²) in [6, 6.07) is 0.214. The van der Waals surface area contributed by atoms with Gasteiger partial charge in [-0.3, -0.25) is 15.0 Å². The van der Waals surface area contributed by atoms with Gasteiger partial charge in [0.25, 0.3) is 0 Å². The second-order valence-electron chi connectivity index (χ2n) is 7.20. The molecule has 1 atom stereocenters.